The summed E-state index contributed by atoms with van der Waals surface area (Å²) in [5.41, 5.74) is 1.96. The van der Waals surface area contributed by atoms with Crippen LogP contribution in [0.5, 0.6) is 5.75 Å². The van der Waals surface area contributed by atoms with Gasteiger partial charge in [-0.1, -0.05) is 13.0 Å². The van der Waals surface area contributed by atoms with E-state index in [0.717, 1.165) is 40.5 Å². The van der Waals surface area contributed by atoms with Crippen molar-refractivity contribution in [2.75, 3.05) is 52.0 Å². The molecule has 7 heteroatoms. The lowest BCUT2D eigenvalue weighted by Gasteiger charge is -2.20. The number of rotatable bonds is 10. The largest absolute Gasteiger partial charge is 0.491 e. The molecule has 1 heterocycles. The Morgan fingerprint density at radius 3 is 2.12 bits per heavy atom. The van der Waals surface area contributed by atoms with Crippen LogP contribution in [-0.4, -0.2) is 63.4 Å². The summed E-state index contributed by atoms with van der Waals surface area (Å²) in [6.45, 7) is 10.4. The normalized spacial score (nSPS) is 11.8. The van der Waals surface area contributed by atoms with E-state index in [9.17, 15) is 4.79 Å². The number of aromatic nitrogens is 1. The molecule has 0 N–H and O–H groups in total. The fourth-order valence-corrected chi connectivity index (χ4v) is 3.54. The van der Waals surface area contributed by atoms with Crippen LogP contribution in [0.2, 0.25) is 0 Å². The van der Waals surface area contributed by atoms with Gasteiger partial charge in [0.15, 0.2) is 0 Å². The Hall–Kier alpha value is -2.77. The van der Waals surface area contributed by atoms with Crippen LogP contribution in [0.15, 0.2) is 36.4 Å². The van der Waals surface area contributed by atoms with Gasteiger partial charge in [0.05, 0.1) is 30.9 Å². The van der Waals surface area contributed by atoms with Crippen LogP contribution < -0.4 is 9.64 Å². The van der Waals surface area contributed by atoms with Crippen LogP contribution in [0.4, 0.5) is 10.5 Å². The Morgan fingerprint density at radius 1 is 0.879 bits per heavy atom. The molecule has 3 aromatic rings. The van der Waals surface area contributed by atoms with Gasteiger partial charge in [-0.05, 0) is 51.5 Å². The zero-order valence-corrected chi connectivity index (χ0v) is 20.6. The van der Waals surface area contributed by atoms with Crippen molar-refractivity contribution in [2.45, 2.75) is 39.7 Å². The summed E-state index contributed by atoms with van der Waals surface area (Å²) in [6, 6.07) is 11.9. The van der Waals surface area contributed by atoms with E-state index in [1.807, 2.05) is 76.2 Å². The SMILES string of the molecule is CCCOCCOCCOc1ccc2c3ccc(N(C)C)cc3n(C(=O)OC(C)(C)C)c2c1. The number of nitrogens with zero attached hydrogens (tertiary/aromatic N) is 2. The maximum absolute atomic E-state index is 13.2. The van der Waals surface area contributed by atoms with Crippen LogP contribution in [0, 0.1) is 0 Å². The van der Waals surface area contributed by atoms with Crippen molar-refractivity contribution in [3.05, 3.63) is 36.4 Å². The lowest BCUT2D eigenvalue weighted by Crippen LogP contribution is -2.27. The minimum absolute atomic E-state index is 0.411. The summed E-state index contributed by atoms with van der Waals surface area (Å²) in [4.78, 5) is 15.2. The van der Waals surface area contributed by atoms with Crippen LogP contribution >= 0.6 is 0 Å². The summed E-state index contributed by atoms with van der Waals surface area (Å²) in [5.74, 6) is 0.675. The first-order valence-corrected chi connectivity index (χ1v) is 11.5. The number of fused-ring (bicyclic) bond motifs is 3. The van der Waals surface area contributed by atoms with E-state index in [0.29, 0.717) is 32.2 Å². The Kier molecular flexibility index (Phi) is 8.21. The first kappa shape index (κ1) is 24.9. The molecule has 180 valence electrons. The maximum atomic E-state index is 13.2. The number of carbonyl (C=O) groups is 1. The molecule has 33 heavy (non-hydrogen) atoms. The lowest BCUT2D eigenvalue weighted by molar-refractivity contribution is 0.0366. The molecule has 0 aliphatic carbocycles. The molecule has 7 nitrogen and oxygen atoms in total. The third-order valence-corrected chi connectivity index (χ3v) is 5.03. The maximum Gasteiger partial charge on any atom is 0.419 e. The van der Waals surface area contributed by atoms with Crippen molar-refractivity contribution >= 4 is 33.6 Å². The number of carbonyl (C=O) groups excluding carboxylic acids is 1. The number of hydrogen-bond donors (Lipinski definition) is 0. The summed E-state index contributed by atoms with van der Waals surface area (Å²) in [5, 5.41) is 1.96. The van der Waals surface area contributed by atoms with E-state index >= 15 is 0 Å². The molecule has 0 unspecified atom stereocenters. The van der Waals surface area contributed by atoms with Crippen molar-refractivity contribution in [3.8, 4) is 5.75 Å². The van der Waals surface area contributed by atoms with Crippen molar-refractivity contribution in [3.63, 3.8) is 0 Å². The minimum Gasteiger partial charge on any atom is -0.491 e. The Balaban J connectivity index is 1.85. The number of anilines is 1. The molecule has 2 aromatic carbocycles. The van der Waals surface area contributed by atoms with Crippen molar-refractivity contribution < 1.29 is 23.7 Å². The van der Waals surface area contributed by atoms with Gasteiger partial charge in [-0.3, -0.25) is 0 Å². The van der Waals surface area contributed by atoms with E-state index in [-0.39, 0.29) is 0 Å². The summed E-state index contributed by atoms with van der Waals surface area (Å²) >= 11 is 0. The van der Waals surface area contributed by atoms with Gasteiger partial charge >= 0.3 is 6.09 Å². The quantitative estimate of drug-likeness (QED) is 0.377. The third-order valence-electron chi connectivity index (χ3n) is 5.03. The highest BCUT2D eigenvalue weighted by atomic mass is 16.6. The van der Waals surface area contributed by atoms with E-state index in [1.165, 1.54) is 0 Å². The molecule has 0 aliphatic heterocycles. The third kappa shape index (κ3) is 6.39. The Morgan fingerprint density at radius 2 is 1.48 bits per heavy atom. The summed E-state index contributed by atoms with van der Waals surface area (Å²) in [7, 11) is 3.96. The zero-order valence-electron chi connectivity index (χ0n) is 20.6. The molecule has 0 spiro atoms. The van der Waals surface area contributed by atoms with Gasteiger partial charge in [-0.25, -0.2) is 9.36 Å². The van der Waals surface area contributed by atoms with Crippen LogP contribution in [0.3, 0.4) is 0 Å². The molecule has 3 rings (SSSR count). The first-order chi connectivity index (χ1) is 15.7. The fourth-order valence-electron chi connectivity index (χ4n) is 3.54. The van der Waals surface area contributed by atoms with Gasteiger partial charge < -0.3 is 23.8 Å². The molecule has 1 aromatic heterocycles. The van der Waals surface area contributed by atoms with E-state index in [4.69, 9.17) is 18.9 Å². The Bertz CT molecular complexity index is 1080. The van der Waals surface area contributed by atoms with Crippen LogP contribution in [-0.2, 0) is 14.2 Å². The number of ether oxygens (including phenoxy) is 4. The minimum atomic E-state index is -0.606. The molecule has 0 atom stereocenters. The zero-order chi connectivity index (χ0) is 24.0. The standard InChI is InChI=1S/C26H36N2O5/c1-7-12-30-13-14-31-15-16-32-20-9-11-22-21-10-8-19(27(5)6)17-23(21)28(24(22)18-20)25(29)33-26(2,3)4/h8-11,17-18H,7,12-16H2,1-6H3. The van der Waals surface area contributed by atoms with Crippen molar-refractivity contribution in [1.82, 2.24) is 4.57 Å². The van der Waals surface area contributed by atoms with E-state index < -0.39 is 11.7 Å². The van der Waals surface area contributed by atoms with Gasteiger partial charge in [0.2, 0.25) is 0 Å². The topological polar surface area (TPSA) is 62.2 Å². The van der Waals surface area contributed by atoms with Crippen LogP contribution in [0.25, 0.3) is 21.8 Å². The van der Waals surface area contributed by atoms with E-state index in [1.54, 1.807) is 4.57 Å². The highest BCUT2D eigenvalue weighted by Crippen LogP contribution is 2.34. The molecule has 0 saturated heterocycles. The monoisotopic (exact) mass is 456 g/mol. The molecule has 0 fully saturated rings. The summed E-state index contributed by atoms with van der Waals surface area (Å²) < 4.78 is 24.2. The van der Waals surface area contributed by atoms with Gasteiger partial charge in [0.25, 0.3) is 0 Å². The molecular weight excluding hydrogens is 420 g/mol. The van der Waals surface area contributed by atoms with Crippen LogP contribution in [0.1, 0.15) is 34.1 Å². The second kappa shape index (κ2) is 10.9. The predicted octanol–water partition coefficient (Wildman–Crippen LogP) is 5.47. The molecule has 0 radical (unpaired) electrons. The van der Waals surface area contributed by atoms with Gasteiger partial charge in [0, 0.05) is 43.2 Å². The molecular formula is C26H36N2O5. The fraction of sp³-hybridized carbons (Fsp3) is 0.500. The number of benzene rings is 2. The number of hydrogen-bond acceptors (Lipinski definition) is 6. The van der Waals surface area contributed by atoms with Crippen molar-refractivity contribution in [1.29, 1.82) is 0 Å². The first-order valence-electron chi connectivity index (χ1n) is 11.5. The average Bonchev–Trinajstić information content (AvgIpc) is 3.07. The highest BCUT2D eigenvalue weighted by Gasteiger charge is 2.23. The smallest absolute Gasteiger partial charge is 0.419 e. The van der Waals surface area contributed by atoms with Gasteiger partial charge in [0.1, 0.15) is 18.0 Å². The van der Waals surface area contributed by atoms with Crippen molar-refractivity contribution in [2.24, 2.45) is 0 Å². The van der Waals surface area contributed by atoms with E-state index in [2.05, 4.69) is 6.92 Å². The molecule has 0 amide bonds. The molecule has 0 aliphatic rings. The average molecular weight is 457 g/mol. The summed E-state index contributed by atoms with van der Waals surface area (Å²) in [6.07, 6.45) is 0.591. The van der Waals surface area contributed by atoms with Gasteiger partial charge in [-0.2, -0.15) is 0 Å². The predicted molar refractivity (Wildman–Crippen MR) is 133 cm³/mol. The molecule has 0 saturated carbocycles. The highest BCUT2D eigenvalue weighted by molar-refractivity contribution is 6.13. The Labute approximate surface area is 196 Å². The molecule has 0 bridgehead atoms. The second-order valence-corrected chi connectivity index (χ2v) is 9.16. The van der Waals surface area contributed by atoms with Gasteiger partial charge in [-0.15, -0.1) is 0 Å². The lowest BCUT2D eigenvalue weighted by atomic mass is 10.1. The second-order valence-electron chi connectivity index (χ2n) is 9.16.